The first-order valence-corrected chi connectivity index (χ1v) is 4.59. The maximum Gasteiger partial charge on any atom is 0.306 e. The number of hydrogen-bond donors (Lipinski definition) is 1. The highest BCUT2D eigenvalue weighted by molar-refractivity contribution is 5.69. The van der Waals surface area contributed by atoms with Crippen molar-refractivity contribution in [2.45, 2.75) is 47.0 Å². The first-order valence-electron chi connectivity index (χ1n) is 4.59. The largest absolute Gasteiger partial charge is 0.481 e. The van der Waals surface area contributed by atoms with E-state index < -0.39 is 5.97 Å². The molecule has 0 aromatic rings. The van der Waals surface area contributed by atoms with Gasteiger partial charge in [-0.2, -0.15) is 0 Å². The summed E-state index contributed by atoms with van der Waals surface area (Å²) in [5.41, 5.74) is 0.253. The van der Waals surface area contributed by atoms with E-state index in [2.05, 4.69) is 20.8 Å². The molecule has 0 aliphatic heterocycles. The van der Waals surface area contributed by atoms with Crippen LogP contribution in [-0.4, -0.2) is 11.1 Å². The van der Waals surface area contributed by atoms with Crippen LogP contribution in [0.4, 0.5) is 0 Å². The highest BCUT2D eigenvalue weighted by atomic mass is 16.4. The van der Waals surface area contributed by atoms with E-state index in [-0.39, 0.29) is 11.3 Å². The zero-order valence-corrected chi connectivity index (χ0v) is 8.55. The van der Waals surface area contributed by atoms with E-state index in [0.717, 1.165) is 19.3 Å². The molecule has 0 spiro atoms. The smallest absolute Gasteiger partial charge is 0.306 e. The first-order chi connectivity index (χ1) is 5.37. The molecule has 0 bridgehead atoms. The van der Waals surface area contributed by atoms with Crippen LogP contribution in [0.5, 0.6) is 0 Å². The van der Waals surface area contributed by atoms with Crippen molar-refractivity contribution in [2.24, 2.45) is 11.3 Å². The summed E-state index contributed by atoms with van der Waals surface area (Å²) in [6.45, 7) is 8.35. The Morgan fingerprint density at radius 2 is 1.92 bits per heavy atom. The number of aliphatic carboxylic acids is 1. The van der Waals surface area contributed by atoms with E-state index in [9.17, 15) is 4.79 Å². The zero-order chi connectivity index (χ0) is 9.78. The molecule has 0 saturated heterocycles. The molecule has 12 heavy (non-hydrogen) atoms. The van der Waals surface area contributed by atoms with Crippen LogP contribution in [0.3, 0.4) is 0 Å². The molecule has 0 rings (SSSR count). The molecule has 1 unspecified atom stereocenters. The number of carboxylic acid groups (broad SMARTS) is 1. The zero-order valence-electron chi connectivity index (χ0n) is 8.55. The van der Waals surface area contributed by atoms with E-state index >= 15 is 0 Å². The molecule has 2 nitrogen and oxygen atoms in total. The third kappa shape index (κ3) is 5.16. The summed E-state index contributed by atoms with van der Waals surface area (Å²) in [6.07, 6.45) is 2.53. The lowest BCUT2D eigenvalue weighted by Crippen LogP contribution is -2.16. The van der Waals surface area contributed by atoms with Crippen LogP contribution in [0.2, 0.25) is 0 Å². The summed E-state index contributed by atoms with van der Waals surface area (Å²) in [4.78, 5) is 10.6. The highest BCUT2D eigenvalue weighted by Crippen LogP contribution is 2.24. The summed E-state index contributed by atoms with van der Waals surface area (Å²) >= 11 is 0. The molecule has 0 amide bonds. The van der Waals surface area contributed by atoms with Crippen molar-refractivity contribution in [3.8, 4) is 0 Å². The SMILES string of the molecule is CCC(CCC(C)(C)C)C(=O)O. The minimum atomic E-state index is -0.651. The van der Waals surface area contributed by atoms with Gasteiger partial charge in [0.2, 0.25) is 0 Å². The Hall–Kier alpha value is -0.530. The minimum absolute atomic E-state index is 0.149. The summed E-state index contributed by atoms with van der Waals surface area (Å²) in [7, 11) is 0. The van der Waals surface area contributed by atoms with Crippen LogP contribution in [0, 0.1) is 11.3 Å². The van der Waals surface area contributed by atoms with Crippen LogP contribution >= 0.6 is 0 Å². The van der Waals surface area contributed by atoms with Gasteiger partial charge in [0.25, 0.3) is 0 Å². The highest BCUT2D eigenvalue weighted by Gasteiger charge is 2.18. The fourth-order valence-corrected chi connectivity index (χ4v) is 1.11. The Kier molecular flexibility index (Phi) is 4.29. The average Bonchev–Trinajstić information content (AvgIpc) is 1.85. The van der Waals surface area contributed by atoms with Crippen molar-refractivity contribution in [3.05, 3.63) is 0 Å². The molecule has 0 aromatic carbocycles. The van der Waals surface area contributed by atoms with Gasteiger partial charge in [-0.05, 0) is 24.7 Å². The molecule has 0 saturated carbocycles. The van der Waals surface area contributed by atoms with Crippen molar-refractivity contribution in [2.75, 3.05) is 0 Å². The molecule has 0 aliphatic carbocycles. The molecule has 2 heteroatoms. The van der Waals surface area contributed by atoms with Gasteiger partial charge in [-0.1, -0.05) is 27.7 Å². The van der Waals surface area contributed by atoms with Gasteiger partial charge in [0.15, 0.2) is 0 Å². The van der Waals surface area contributed by atoms with Crippen LogP contribution in [-0.2, 0) is 4.79 Å². The first kappa shape index (κ1) is 11.5. The van der Waals surface area contributed by atoms with E-state index in [1.165, 1.54) is 0 Å². The molecule has 0 radical (unpaired) electrons. The Balaban J connectivity index is 3.81. The van der Waals surface area contributed by atoms with E-state index in [1.54, 1.807) is 0 Å². The summed E-state index contributed by atoms with van der Waals surface area (Å²) in [5, 5.41) is 8.77. The molecular weight excluding hydrogens is 152 g/mol. The molecule has 0 aromatic heterocycles. The van der Waals surface area contributed by atoms with Crippen LogP contribution < -0.4 is 0 Å². The molecule has 1 atom stereocenters. The van der Waals surface area contributed by atoms with E-state index in [1.807, 2.05) is 6.92 Å². The third-order valence-corrected chi connectivity index (χ3v) is 2.08. The molecule has 72 valence electrons. The third-order valence-electron chi connectivity index (χ3n) is 2.08. The monoisotopic (exact) mass is 172 g/mol. The lowest BCUT2D eigenvalue weighted by molar-refractivity contribution is -0.142. The second kappa shape index (κ2) is 4.48. The van der Waals surface area contributed by atoms with Gasteiger partial charge in [-0.15, -0.1) is 0 Å². The average molecular weight is 172 g/mol. The van der Waals surface area contributed by atoms with Crippen molar-refractivity contribution in [1.29, 1.82) is 0 Å². The number of carbonyl (C=O) groups is 1. The van der Waals surface area contributed by atoms with Crippen LogP contribution in [0.25, 0.3) is 0 Å². The van der Waals surface area contributed by atoms with Crippen LogP contribution in [0.1, 0.15) is 47.0 Å². The predicted molar refractivity (Wildman–Crippen MR) is 50.1 cm³/mol. The predicted octanol–water partition coefficient (Wildman–Crippen LogP) is 2.92. The second-order valence-corrected chi connectivity index (χ2v) is 4.54. The Morgan fingerprint density at radius 1 is 1.42 bits per heavy atom. The quantitative estimate of drug-likeness (QED) is 0.708. The Morgan fingerprint density at radius 3 is 2.17 bits per heavy atom. The Bertz CT molecular complexity index is 144. The van der Waals surface area contributed by atoms with Gasteiger partial charge >= 0.3 is 5.97 Å². The maximum absolute atomic E-state index is 10.6. The lowest BCUT2D eigenvalue weighted by atomic mass is 9.86. The van der Waals surface area contributed by atoms with Gasteiger partial charge in [0, 0.05) is 0 Å². The standard InChI is InChI=1S/C10H20O2/c1-5-8(9(11)12)6-7-10(2,3)4/h8H,5-7H2,1-4H3,(H,11,12). The number of carboxylic acids is 1. The van der Waals surface area contributed by atoms with Gasteiger partial charge in [0.1, 0.15) is 0 Å². The van der Waals surface area contributed by atoms with Crippen LogP contribution in [0.15, 0.2) is 0 Å². The number of hydrogen-bond acceptors (Lipinski definition) is 1. The lowest BCUT2D eigenvalue weighted by Gasteiger charge is -2.20. The maximum atomic E-state index is 10.6. The summed E-state index contributed by atoms with van der Waals surface area (Å²) in [6, 6.07) is 0. The van der Waals surface area contributed by atoms with Gasteiger partial charge < -0.3 is 5.11 Å². The van der Waals surface area contributed by atoms with Gasteiger partial charge in [-0.25, -0.2) is 0 Å². The fourth-order valence-electron chi connectivity index (χ4n) is 1.11. The van der Waals surface area contributed by atoms with E-state index in [4.69, 9.17) is 5.11 Å². The van der Waals surface area contributed by atoms with Crippen molar-refractivity contribution < 1.29 is 9.90 Å². The van der Waals surface area contributed by atoms with Gasteiger partial charge in [-0.3, -0.25) is 4.79 Å². The van der Waals surface area contributed by atoms with Crippen molar-refractivity contribution in [3.63, 3.8) is 0 Å². The summed E-state index contributed by atoms with van der Waals surface area (Å²) < 4.78 is 0. The normalized spacial score (nSPS) is 14.3. The summed E-state index contributed by atoms with van der Waals surface area (Å²) in [5.74, 6) is -0.800. The number of rotatable bonds is 4. The molecule has 0 aliphatic rings. The molecule has 0 heterocycles. The molecular formula is C10H20O2. The minimum Gasteiger partial charge on any atom is -0.481 e. The van der Waals surface area contributed by atoms with E-state index in [0.29, 0.717) is 0 Å². The molecule has 0 fully saturated rings. The van der Waals surface area contributed by atoms with Crippen molar-refractivity contribution in [1.82, 2.24) is 0 Å². The van der Waals surface area contributed by atoms with Crippen molar-refractivity contribution >= 4 is 5.97 Å². The molecule has 1 N–H and O–H groups in total. The second-order valence-electron chi connectivity index (χ2n) is 4.54. The fraction of sp³-hybridized carbons (Fsp3) is 0.900. The topological polar surface area (TPSA) is 37.3 Å². The van der Waals surface area contributed by atoms with Gasteiger partial charge in [0.05, 0.1) is 5.92 Å². The Labute approximate surface area is 75.0 Å².